The van der Waals surface area contributed by atoms with Crippen LogP contribution < -0.4 is 10.6 Å². The van der Waals surface area contributed by atoms with Crippen LogP contribution in [0.3, 0.4) is 0 Å². The van der Waals surface area contributed by atoms with Crippen LogP contribution in [0.4, 0.5) is 0 Å². The molecule has 0 amide bonds. The first kappa shape index (κ1) is 18.6. The van der Waals surface area contributed by atoms with Gasteiger partial charge in [0.1, 0.15) is 0 Å². The van der Waals surface area contributed by atoms with E-state index in [-0.39, 0.29) is 5.97 Å². The predicted molar refractivity (Wildman–Crippen MR) is 110 cm³/mol. The lowest BCUT2D eigenvalue weighted by atomic mass is 9.92. The molecule has 0 unspecified atom stereocenters. The number of benzene rings is 2. The number of halogens is 1. The molecule has 2 aromatic carbocycles. The molecule has 0 aliphatic carbocycles. The van der Waals surface area contributed by atoms with Crippen molar-refractivity contribution in [2.45, 2.75) is 19.9 Å². The summed E-state index contributed by atoms with van der Waals surface area (Å²) in [4.78, 5) is 12.8. The average molecular weight is 431 g/mol. The molecule has 0 saturated carbocycles. The zero-order chi connectivity index (χ0) is 18.7. The minimum absolute atomic E-state index is 0.305. The van der Waals surface area contributed by atoms with Crippen molar-refractivity contribution in [3.63, 3.8) is 0 Å². The average Bonchev–Trinajstić information content (AvgIpc) is 2.64. The molecule has 6 heteroatoms. The molecule has 134 valence electrons. The molecule has 0 aromatic heterocycles. The Labute approximate surface area is 166 Å². The van der Waals surface area contributed by atoms with Crippen molar-refractivity contribution in [1.29, 1.82) is 0 Å². The van der Waals surface area contributed by atoms with Crippen LogP contribution in [0.15, 0.2) is 58.6 Å². The highest BCUT2D eigenvalue weighted by molar-refractivity contribution is 9.10. The van der Waals surface area contributed by atoms with Crippen molar-refractivity contribution in [3.05, 3.63) is 75.3 Å². The third kappa shape index (κ3) is 3.81. The number of nitrogens with one attached hydrogen (secondary N) is 2. The number of hydrogen-bond acceptors (Lipinski definition) is 3. The lowest BCUT2D eigenvalue weighted by Crippen LogP contribution is -2.45. The molecule has 1 atom stereocenters. The lowest BCUT2D eigenvalue weighted by Gasteiger charge is -2.31. The van der Waals surface area contributed by atoms with Gasteiger partial charge in [-0.15, -0.1) is 0 Å². The number of aryl methyl sites for hydroxylation is 1. The number of carbonyl (C=O) groups excluding carboxylic acids is 1. The van der Waals surface area contributed by atoms with Crippen LogP contribution in [0, 0.1) is 6.92 Å². The van der Waals surface area contributed by atoms with Gasteiger partial charge in [-0.05, 0) is 48.8 Å². The van der Waals surface area contributed by atoms with Gasteiger partial charge < -0.3 is 15.4 Å². The molecular weight excluding hydrogens is 412 g/mol. The fourth-order valence-electron chi connectivity index (χ4n) is 2.86. The van der Waals surface area contributed by atoms with Gasteiger partial charge >= 0.3 is 5.97 Å². The van der Waals surface area contributed by atoms with Crippen LogP contribution in [0.5, 0.6) is 0 Å². The Morgan fingerprint density at radius 1 is 1.23 bits per heavy atom. The summed E-state index contributed by atoms with van der Waals surface area (Å²) in [6.45, 7) is 4.12. The molecule has 0 saturated heterocycles. The maximum Gasteiger partial charge on any atom is 0.338 e. The summed E-state index contributed by atoms with van der Waals surface area (Å²) in [7, 11) is 0. The monoisotopic (exact) mass is 430 g/mol. The number of thiocarbonyl (C=S) groups is 1. The van der Waals surface area contributed by atoms with Crippen molar-refractivity contribution in [1.82, 2.24) is 10.6 Å². The zero-order valence-corrected chi connectivity index (χ0v) is 16.9. The van der Waals surface area contributed by atoms with E-state index in [9.17, 15) is 4.79 Å². The van der Waals surface area contributed by atoms with Crippen LogP contribution in [-0.2, 0) is 9.53 Å². The fraction of sp³-hybridized carbons (Fsp3) is 0.200. The summed E-state index contributed by atoms with van der Waals surface area (Å²) < 4.78 is 6.32. The molecule has 0 spiro atoms. The highest BCUT2D eigenvalue weighted by Gasteiger charge is 2.33. The summed E-state index contributed by atoms with van der Waals surface area (Å²) in [6.07, 6.45) is 0. The standard InChI is InChI=1S/C20H19BrN2O2S/c1-3-25-19(24)16-17(13-7-5-4-6-8-13)22-20(26)23-18(16)14-10-9-12(2)15(21)11-14/h4-11,18H,3H2,1-2H3,(H2,22,23,26)/t18-/m1/s1. The minimum Gasteiger partial charge on any atom is -0.463 e. The van der Waals surface area contributed by atoms with Gasteiger partial charge in [-0.1, -0.05) is 58.4 Å². The van der Waals surface area contributed by atoms with E-state index in [0.29, 0.717) is 23.0 Å². The van der Waals surface area contributed by atoms with E-state index in [2.05, 4.69) is 26.6 Å². The molecule has 0 bridgehead atoms. The topological polar surface area (TPSA) is 50.4 Å². The van der Waals surface area contributed by atoms with Crippen molar-refractivity contribution in [2.75, 3.05) is 6.61 Å². The molecule has 0 fully saturated rings. The molecule has 0 radical (unpaired) electrons. The Morgan fingerprint density at radius 2 is 1.96 bits per heavy atom. The largest absolute Gasteiger partial charge is 0.463 e. The van der Waals surface area contributed by atoms with Gasteiger partial charge in [0.2, 0.25) is 0 Å². The summed E-state index contributed by atoms with van der Waals surface area (Å²) >= 11 is 8.97. The van der Waals surface area contributed by atoms with E-state index in [1.165, 1.54) is 0 Å². The Balaban J connectivity index is 2.18. The van der Waals surface area contributed by atoms with Gasteiger partial charge in [0.25, 0.3) is 0 Å². The van der Waals surface area contributed by atoms with Gasteiger partial charge in [-0.25, -0.2) is 4.79 Å². The van der Waals surface area contributed by atoms with E-state index in [1.807, 2.05) is 55.5 Å². The molecule has 4 nitrogen and oxygen atoms in total. The van der Waals surface area contributed by atoms with Crippen molar-refractivity contribution < 1.29 is 9.53 Å². The molecule has 1 aliphatic heterocycles. The summed E-state index contributed by atoms with van der Waals surface area (Å²) in [5, 5.41) is 6.82. The van der Waals surface area contributed by atoms with Gasteiger partial charge in [0, 0.05) is 4.47 Å². The minimum atomic E-state index is -0.394. The molecular formula is C20H19BrN2O2S. The third-order valence-corrected chi connectivity index (χ3v) is 5.23. The van der Waals surface area contributed by atoms with Gasteiger partial charge in [-0.3, -0.25) is 0 Å². The third-order valence-electron chi connectivity index (χ3n) is 4.16. The van der Waals surface area contributed by atoms with Crippen molar-refractivity contribution in [3.8, 4) is 0 Å². The van der Waals surface area contributed by atoms with E-state index >= 15 is 0 Å². The first-order chi connectivity index (χ1) is 12.5. The summed E-state index contributed by atoms with van der Waals surface area (Å²) in [5.41, 5.74) is 4.13. The number of rotatable bonds is 4. The number of hydrogen-bond donors (Lipinski definition) is 2. The second-order valence-corrected chi connectivity index (χ2v) is 7.18. The zero-order valence-electron chi connectivity index (χ0n) is 14.5. The molecule has 2 aromatic rings. The maximum absolute atomic E-state index is 12.8. The fourth-order valence-corrected chi connectivity index (χ4v) is 3.48. The first-order valence-electron chi connectivity index (χ1n) is 8.31. The highest BCUT2D eigenvalue weighted by Crippen LogP contribution is 2.33. The molecule has 3 rings (SSSR count). The smallest absolute Gasteiger partial charge is 0.338 e. The molecule has 1 heterocycles. The van der Waals surface area contributed by atoms with Crippen molar-refractivity contribution in [2.24, 2.45) is 0 Å². The Hall–Kier alpha value is -2.18. The first-order valence-corrected chi connectivity index (χ1v) is 9.51. The SMILES string of the molecule is CCOC(=O)C1=C(c2ccccc2)NC(=S)N[C@@H]1c1ccc(C)c(Br)c1. The predicted octanol–water partition coefficient (Wildman–Crippen LogP) is 4.25. The second-order valence-electron chi connectivity index (χ2n) is 5.92. The van der Waals surface area contributed by atoms with E-state index in [0.717, 1.165) is 21.2 Å². The molecule has 1 aliphatic rings. The molecule has 2 N–H and O–H groups in total. The van der Waals surface area contributed by atoms with Gasteiger partial charge in [-0.2, -0.15) is 0 Å². The Kier molecular flexibility index (Phi) is 5.74. The van der Waals surface area contributed by atoms with Gasteiger partial charge in [0.05, 0.1) is 23.9 Å². The highest BCUT2D eigenvalue weighted by atomic mass is 79.9. The summed E-state index contributed by atoms with van der Waals surface area (Å²) in [5.74, 6) is -0.365. The Bertz CT molecular complexity index is 881. The number of ether oxygens (including phenoxy) is 1. The Morgan fingerprint density at radius 3 is 2.62 bits per heavy atom. The van der Waals surface area contributed by atoms with Crippen LogP contribution in [0.1, 0.15) is 29.7 Å². The normalized spacial score (nSPS) is 16.7. The number of carbonyl (C=O) groups is 1. The van der Waals surface area contributed by atoms with Crippen LogP contribution in [0.2, 0.25) is 0 Å². The quantitative estimate of drug-likeness (QED) is 0.560. The van der Waals surface area contributed by atoms with Gasteiger partial charge in [0.15, 0.2) is 5.11 Å². The maximum atomic E-state index is 12.8. The van der Waals surface area contributed by atoms with Crippen molar-refractivity contribution >= 4 is 44.9 Å². The van der Waals surface area contributed by atoms with Crippen LogP contribution >= 0.6 is 28.1 Å². The van der Waals surface area contributed by atoms with E-state index in [4.69, 9.17) is 17.0 Å². The number of esters is 1. The van der Waals surface area contributed by atoms with Crippen LogP contribution in [-0.4, -0.2) is 17.7 Å². The van der Waals surface area contributed by atoms with E-state index < -0.39 is 6.04 Å². The second kappa shape index (κ2) is 8.01. The van der Waals surface area contributed by atoms with Crippen LogP contribution in [0.25, 0.3) is 5.70 Å². The summed E-state index contributed by atoms with van der Waals surface area (Å²) in [6, 6.07) is 15.3. The lowest BCUT2D eigenvalue weighted by molar-refractivity contribution is -0.138. The molecule has 26 heavy (non-hydrogen) atoms. The van der Waals surface area contributed by atoms with E-state index in [1.54, 1.807) is 6.92 Å².